The molecule has 1 aromatic carbocycles. The van der Waals surface area contributed by atoms with Crippen molar-refractivity contribution in [1.82, 2.24) is 10.2 Å². The molecular weight excluding hydrogens is 284 g/mol. The summed E-state index contributed by atoms with van der Waals surface area (Å²) in [6, 6.07) is 8.20. The summed E-state index contributed by atoms with van der Waals surface area (Å²) in [5.74, 6) is 0.256. The molecule has 0 aliphatic carbocycles. The van der Waals surface area contributed by atoms with Gasteiger partial charge < -0.3 is 10.2 Å². The van der Waals surface area contributed by atoms with Gasteiger partial charge in [0.05, 0.1) is 6.04 Å². The van der Waals surface area contributed by atoms with Crippen molar-refractivity contribution in [2.24, 2.45) is 0 Å². The van der Waals surface area contributed by atoms with E-state index in [1.54, 1.807) is 0 Å². The summed E-state index contributed by atoms with van der Waals surface area (Å²) in [6.45, 7) is 7.51. The van der Waals surface area contributed by atoms with Crippen LogP contribution in [0.4, 0.5) is 0 Å². The SMILES string of the molecule is C=CCNCCC1CCC(=O)N1C(C)c1ccc(Cl)cc1. The van der Waals surface area contributed by atoms with Crippen molar-refractivity contribution in [3.63, 3.8) is 0 Å². The predicted octanol–water partition coefficient (Wildman–Crippen LogP) is 3.56. The van der Waals surface area contributed by atoms with E-state index in [1.165, 1.54) is 0 Å². The average molecular weight is 307 g/mol. The van der Waals surface area contributed by atoms with Crippen LogP contribution in [0.1, 0.15) is 37.8 Å². The van der Waals surface area contributed by atoms with Crippen LogP contribution in [0.15, 0.2) is 36.9 Å². The fraction of sp³-hybridized carbons (Fsp3) is 0.471. The maximum Gasteiger partial charge on any atom is 0.223 e. The van der Waals surface area contributed by atoms with Crippen molar-refractivity contribution in [2.45, 2.75) is 38.3 Å². The van der Waals surface area contributed by atoms with E-state index >= 15 is 0 Å². The van der Waals surface area contributed by atoms with Gasteiger partial charge in [-0.05, 0) is 44.0 Å². The monoisotopic (exact) mass is 306 g/mol. The molecule has 1 amide bonds. The Morgan fingerprint density at radius 3 is 2.86 bits per heavy atom. The van der Waals surface area contributed by atoms with Gasteiger partial charge in [0.2, 0.25) is 5.91 Å². The quantitative estimate of drug-likeness (QED) is 0.617. The summed E-state index contributed by atoms with van der Waals surface area (Å²) < 4.78 is 0. The van der Waals surface area contributed by atoms with Crippen LogP contribution in [0, 0.1) is 0 Å². The van der Waals surface area contributed by atoms with Crippen LogP contribution in [0.3, 0.4) is 0 Å². The topological polar surface area (TPSA) is 32.3 Å². The number of benzene rings is 1. The fourth-order valence-corrected chi connectivity index (χ4v) is 3.08. The van der Waals surface area contributed by atoms with Gasteiger partial charge in [-0.25, -0.2) is 0 Å². The molecule has 21 heavy (non-hydrogen) atoms. The molecule has 0 bridgehead atoms. The van der Waals surface area contributed by atoms with Gasteiger partial charge in [-0.3, -0.25) is 4.79 Å². The molecule has 2 unspecified atom stereocenters. The first-order chi connectivity index (χ1) is 10.1. The van der Waals surface area contributed by atoms with Crippen LogP contribution in [-0.2, 0) is 4.79 Å². The molecule has 1 fully saturated rings. The molecule has 1 aromatic rings. The lowest BCUT2D eigenvalue weighted by Crippen LogP contribution is -2.37. The lowest BCUT2D eigenvalue weighted by Gasteiger charge is -2.31. The molecule has 3 nitrogen and oxygen atoms in total. The smallest absolute Gasteiger partial charge is 0.223 e. The first kappa shape index (κ1) is 16.1. The second-order valence-corrected chi connectivity index (χ2v) is 5.94. The second-order valence-electron chi connectivity index (χ2n) is 5.50. The molecule has 2 atom stereocenters. The van der Waals surface area contributed by atoms with E-state index < -0.39 is 0 Å². The summed E-state index contributed by atoms with van der Waals surface area (Å²) in [4.78, 5) is 14.3. The maximum absolute atomic E-state index is 12.2. The highest BCUT2D eigenvalue weighted by Crippen LogP contribution is 2.31. The summed E-state index contributed by atoms with van der Waals surface area (Å²) in [7, 11) is 0. The van der Waals surface area contributed by atoms with Gasteiger partial charge in [-0.1, -0.05) is 29.8 Å². The fourth-order valence-electron chi connectivity index (χ4n) is 2.95. The molecule has 1 heterocycles. The van der Waals surface area contributed by atoms with Crippen molar-refractivity contribution < 1.29 is 4.79 Å². The molecule has 1 saturated heterocycles. The predicted molar refractivity (Wildman–Crippen MR) is 87.4 cm³/mol. The van der Waals surface area contributed by atoms with E-state index in [4.69, 9.17) is 11.6 Å². The molecule has 1 aliphatic rings. The summed E-state index contributed by atoms with van der Waals surface area (Å²) in [5, 5.41) is 4.04. The first-order valence-electron chi connectivity index (χ1n) is 7.51. The standard InChI is InChI=1S/C17H23ClN2O/c1-3-11-19-12-10-16-8-9-17(21)20(16)13(2)14-4-6-15(18)7-5-14/h3-7,13,16,19H,1,8-12H2,2H3. The van der Waals surface area contributed by atoms with E-state index in [0.717, 1.165) is 36.5 Å². The summed E-state index contributed by atoms with van der Waals surface area (Å²) >= 11 is 5.93. The zero-order valence-electron chi connectivity index (χ0n) is 12.5. The number of halogens is 1. The zero-order valence-corrected chi connectivity index (χ0v) is 13.3. The van der Waals surface area contributed by atoms with Crippen molar-refractivity contribution in [2.75, 3.05) is 13.1 Å². The summed E-state index contributed by atoms with van der Waals surface area (Å²) in [5.41, 5.74) is 1.14. The minimum Gasteiger partial charge on any atom is -0.333 e. The van der Waals surface area contributed by atoms with Gasteiger partial charge in [0.15, 0.2) is 0 Å². The van der Waals surface area contributed by atoms with E-state index in [-0.39, 0.29) is 11.9 Å². The van der Waals surface area contributed by atoms with Gasteiger partial charge in [0.1, 0.15) is 0 Å². The number of hydrogen-bond acceptors (Lipinski definition) is 2. The van der Waals surface area contributed by atoms with E-state index in [9.17, 15) is 4.79 Å². The minimum atomic E-state index is 0.0988. The van der Waals surface area contributed by atoms with E-state index in [2.05, 4.69) is 18.8 Å². The Morgan fingerprint density at radius 1 is 1.48 bits per heavy atom. The Kier molecular flexibility index (Phi) is 5.83. The molecule has 0 aromatic heterocycles. The van der Waals surface area contributed by atoms with E-state index in [0.29, 0.717) is 12.5 Å². The Labute approximate surface area is 132 Å². The third-order valence-corrected chi connectivity index (χ3v) is 4.34. The van der Waals surface area contributed by atoms with Gasteiger partial charge in [-0.2, -0.15) is 0 Å². The molecule has 2 rings (SSSR count). The number of carbonyl (C=O) groups is 1. The van der Waals surface area contributed by atoms with Crippen LogP contribution < -0.4 is 5.32 Å². The van der Waals surface area contributed by atoms with Crippen molar-refractivity contribution in [3.05, 3.63) is 47.5 Å². The molecule has 1 aliphatic heterocycles. The number of hydrogen-bond donors (Lipinski definition) is 1. The summed E-state index contributed by atoms with van der Waals surface area (Å²) in [6.07, 6.45) is 4.45. The Morgan fingerprint density at radius 2 is 2.19 bits per heavy atom. The van der Waals surface area contributed by atoms with E-state index in [1.807, 2.05) is 35.2 Å². The van der Waals surface area contributed by atoms with Gasteiger partial charge >= 0.3 is 0 Å². The van der Waals surface area contributed by atoms with Crippen LogP contribution in [-0.4, -0.2) is 29.9 Å². The Balaban J connectivity index is 2.01. The molecule has 0 saturated carbocycles. The van der Waals surface area contributed by atoms with Crippen molar-refractivity contribution in [1.29, 1.82) is 0 Å². The highest BCUT2D eigenvalue weighted by Gasteiger charge is 2.34. The largest absolute Gasteiger partial charge is 0.333 e. The normalized spacial score (nSPS) is 19.8. The highest BCUT2D eigenvalue weighted by molar-refractivity contribution is 6.30. The van der Waals surface area contributed by atoms with Gasteiger partial charge in [0, 0.05) is 24.0 Å². The first-order valence-corrected chi connectivity index (χ1v) is 7.89. The maximum atomic E-state index is 12.2. The number of carbonyl (C=O) groups excluding carboxylic acids is 1. The molecule has 114 valence electrons. The third-order valence-electron chi connectivity index (χ3n) is 4.09. The average Bonchev–Trinajstić information content (AvgIpc) is 2.85. The lowest BCUT2D eigenvalue weighted by molar-refractivity contribution is -0.131. The number of likely N-dealkylation sites (tertiary alicyclic amines) is 1. The van der Waals surface area contributed by atoms with Crippen LogP contribution >= 0.6 is 11.6 Å². The molecule has 1 N–H and O–H groups in total. The van der Waals surface area contributed by atoms with Gasteiger partial charge in [-0.15, -0.1) is 6.58 Å². The number of amides is 1. The zero-order chi connectivity index (χ0) is 15.2. The Hall–Kier alpha value is -1.32. The molecule has 0 spiro atoms. The minimum absolute atomic E-state index is 0.0988. The Bertz CT molecular complexity index is 486. The van der Waals surface area contributed by atoms with Crippen molar-refractivity contribution >= 4 is 17.5 Å². The van der Waals surface area contributed by atoms with Crippen LogP contribution in [0.2, 0.25) is 5.02 Å². The molecular formula is C17H23ClN2O. The number of nitrogens with zero attached hydrogens (tertiary/aromatic N) is 1. The third kappa shape index (κ3) is 4.08. The van der Waals surface area contributed by atoms with Crippen LogP contribution in [0.5, 0.6) is 0 Å². The van der Waals surface area contributed by atoms with Crippen LogP contribution in [0.25, 0.3) is 0 Å². The van der Waals surface area contributed by atoms with Crippen molar-refractivity contribution in [3.8, 4) is 0 Å². The second kappa shape index (κ2) is 7.62. The number of rotatable bonds is 7. The molecule has 4 heteroatoms. The highest BCUT2D eigenvalue weighted by atomic mass is 35.5. The molecule has 0 radical (unpaired) electrons. The van der Waals surface area contributed by atoms with Gasteiger partial charge in [0.25, 0.3) is 0 Å². The lowest BCUT2D eigenvalue weighted by atomic mass is 10.0. The number of nitrogens with one attached hydrogen (secondary N) is 1.